The average molecular weight is 655 g/mol. The minimum atomic E-state index is -3.72. The van der Waals surface area contributed by atoms with Gasteiger partial charge in [0.05, 0.1) is 30.1 Å². The van der Waals surface area contributed by atoms with E-state index in [1.807, 2.05) is 49.4 Å². The van der Waals surface area contributed by atoms with E-state index in [-0.39, 0.29) is 29.6 Å². The molecule has 2 atom stereocenters. The van der Waals surface area contributed by atoms with Crippen LogP contribution in [0.5, 0.6) is 5.75 Å². The van der Waals surface area contributed by atoms with Crippen molar-refractivity contribution in [3.8, 4) is 5.75 Å². The molecule has 4 rings (SSSR count). The second-order valence-electron chi connectivity index (χ2n) is 12.4. The molecule has 3 aromatic carbocycles. The highest BCUT2D eigenvalue weighted by Crippen LogP contribution is 2.39. The third-order valence-electron chi connectivity index (χ3n) is 8.51. The van der Waals surface area contributed by atoms with Crippen molar-refractivity contribution in [2.45, 2.75) is 63.3 Å². The van der Waals surface area contributed by atoms with E-state index in [9.17, 15) is 23.7 Å². The van der Waals surface area contributed by atoms with Crippen LogP contribution < -0.4 is 10.4 Å². The molecule has 3 N–H and O–H groups in total. The number of aliphatic hydroxyl groups excluding tert-OH is 2. The summed E-state index contributed by atoms with van der Waals surface area (Å²) in [5.41, 5.74) is 2.64. The summed E-state index contributed by atoms with van der Waals surface area (Å²) >= 11 is 6.31. The van der Waals surface area contributed by atoms with Crippen molar-refractivity contribution in [1.82, 2.24) is 0 Å². The van der Waals surface area contributed by atoms with Crippen LogP contribution in [0.1, 0.15) is 52.5 Å². The van der Waals surface area contributed by atoms with Crippen LogP contribution in [0, 0.1) is 0 Å². The number of benzene rings is 3. The van der Waals surface area contributed by atoms with Crippen LogP contribution in [0.15, 0.2) is 95.6 Å². The summed E-state index contributed by atoms with van der Waals surface area (Å²) in [6, 6.07) is 25.0. The lowest BCUT2D eigenvalue weighted by molar-refractivity contribution is 0.186. The molecule has 0 amide bonds. The van der Waals surface area contributed by atoms with Gasteiger partial charge in [-0.05, 0) is 69.6 Å². The van der Waals surface area contributed by atoms with Crippen LogP contribution in [0.4, 0.5) is 0 Å². The Kier molecular flexibility index (Phi) is 11.0. The van der Waals surface area contributed by atoms with Crippen molar-refractivity contribution in [3.05, 3.63) is 106 Å². The Morgan fingerprint density at radius 1 is 1.05 bits per heavy atom. The second-order valence-corrected chi connectivity index (χ2v) is 19.3. The van der Waals surface area contributed by atoms with Gasteiger partial charge in [-0.15, -0.1) is 0 Å². The summed E-state index contributed by atoms with van der Waals surface area (Å²) in [6.07, 6.45) is 2.34. The lowest BCUT2D eigenvalue weighted by atomic mass is 9.94. The fourth-order valence-electron chi connectivity index (χ4n) is 6.27. The largest absolute Gasteiger partial charge is 0.508 e. The summed E-state index contributed by atoms with van der Waals surface area (Å²) in [4.78, 5) is 0. The quantitative estimate of drug-likeness (QED) is 0.173. The molecule has 1 aliphatic heterocycles. The number of hydrogen-bond donors (Lipinski definition) is 3. The Morgan fingerprint density at radius 2 is 1.64 bits per heavy atom. The standard InChI is InChI=1S/C35H43ClO6SSi/c1-5-25(20-26-17-18-28(38)21-31(26)36)16-19-32(39)34-27(24-43(40,41)33(34)22-37)23-42-44(35(2,3)4,29-12-8-6-9-13-29)30-14-10-7-11-15-30/h6-15,17-18,20-21,32-33,37-39H,5,16,19,22-24H2,1-4H3/b25-20+/t32-,33+/m1/s1. The van der Waals surface area contributed by atoms with Crippen molar-refractivity contribution in [1.29, 1.82) is 0 Å². The van der Waals surface area contributed by atoms with Gasteiger partial charge in [0.1, 0.15) is 11.0 Å². The molecule has 0 radical (unpaired) electrons. The minimum Gasteiger partial charge on any atom is -0.508 e. The minimum absolute atomic E-state index is 0.0367. The van der Waals surface area contributed by atoms with Crippen molar-refractivity contribution in [2.75, 3.05) is 19.0 Å². The Bertz CT molecular complexity index is 1560. The Morgan fingerprint density at radius 3 is 2.14 bits per heavy atom. The smallest absolute Gasteiger partial charge is 0.261 e. The zero-order valence-electron chi connectivity index (χ0n) is 25.8. The second kappa shape index (κ2) is 14.1. The Labute approximate surface area is 267 Å². The molecule has 0 bridgehead atoms. The molecule has 1 aliphatic rings. The van der Waals surface area contributed by atoms with Crippen molar-refractivity contribution < 1.29 is 28.2 Å². The van der Waals surface area contributed by atoms with E-state index in [2.05, 4.69) is 45.0 Å². The molecule has 0 unspecified atom stereocenters. The van der Waals surface area contributed by atoms with E-state index < -0.39 is 36.1 Å². The van der Waals surface area contributed by atoms with E-state index >= 15 is 0 Å². The maximum atomic E-state index is 13.3. The van der Waals surface area contributed by atoms with E-state index in [1.54, 1.807) is 12.1 Å². The molecule has 236 valence electrons. The molecule has 3 aromatic rings. The number of allylic oxidation sites excluding steroid dienone is 1. The Hall–Kier alpha value is -2.72. The van der Waals surface area contributed by atoms with Gasteiger partial charge in [0.25, 0.3) is 8.32 Å². The van der Waals surface area contributed by atoms with Crippen LogP contribution in [-0.2, 0) is 14.3 Å². The summed E-state index contributed by atoms with van der Waals surface area (Å²) in [6.45, 7) is 7.91. The molecule has 0 aromatic heterocycles. The summed E-state index contributed by atoms with van der Waals surface area (Å²) in [7, 11) is -6.69. The molecule has 1 heterocycles. The number of halogens is 1. The number of phenols is 1. The third-order valence-corrected chi connectivity index (χ3v) is 15.8. The predicted octanol–water partition coefficient (Wildman–Crippen LogP) is 5.64. The lowest BCUT2D eigenvalue weighted by Crippen LogP contribution is -2.66. The van der Waals surface area contributed by atoms with Crippen LogP contribution in [0.2, 0.25) is 10.1 Å². The number of rotatable bonds is 12. The topological polar surface area (TPSA) is 104 Å². The predicted molar refractivity (Wildman–Crippen MR) is 182 cm³/mol. The van der Waals surface area contributed by atoms with E-state index in [4.69, 9.17) is 16.0 Å². The van der Waals surface area contributed by atoms with Gasteiger partial charge in [-0.2, -0.15) is 0 Å². The van der Waals surface area contributed by atoms with Gasteiger partial charge in [0.15, 0.2) is 9.84 Å². The van der Waals surface area contributed by atoms with Crippen molar-refractivity contribution in [2.24, 2.45) is 0 Å². The summed E-state index contributed by atoms with van der Waals surface area (Å²) in [5, 5.41) is 32.5. The molecule has 0 fully saturated rings. The average Bonchev–Trinajstić information content (AvgIpc) is 3.26. The van der Waals surface area contributed by atoms with E-state index in [0.717, 1.165) is 21.5 Å². The first-order valence-electron chi connectivity index (χ1n) is 15.0. The molecule has 44 heavy (non-hydrogen) atoms. The fraction of sp³-hybridized carbons (Fsp3) is 0.371. The molecular weight excluding hydrogens is 612 g/mol. The van der Waals surface area contributed by atoms with Gasteiger partial charge in [0, 0.05) is 0 Å². The number of sulfone groups is 1. The van der Waals surface area contributed by atoms with Crippen LogP contribution in [-0.4, -0.2) is 62.4 Å². The maximum absolute atomic E-state index is 13.3. The monoisotopic (exact) mass is 654 g/mol. The zero-order valence-corrected chi connectivity index (χ0v) is 28.4. The van der Waals surface area contributed by atoms with Crippen molar-refractivity contribution in [3.63, 3.8) is 0 Å². The molecule has 0 aliphatic carbocycles. The van der Waals surface area contributed by atoms with Gasteiger partial charge in [-0.1, -0.05) is 112 Å². The highest BCUT2D eigenvalue weighted by Gasteiger charge is 2.51. The SMILES string of the molecule is CC/C(=C\c1ccc(O)cc1Cl)CC[C@@H](O)C1=C(CO[Si](c2ccccc2)(c2ccccc2)C(C)(C)C)CS(=O)(=O)[C@H]1CO. The zero-order chi connectivity index (χ0) is 32.1. The maximum Gasteiger partial charge on any atom is 0.261 e. The highest BCUT2D eigenvalue weighted by molar-refractivity contribution is 7.92. The van der Waals surface area contributed by atoms with Gasteiger partial charge < -0.3 is 19.7 Å². The molecular formula is C35H43ClO6SSi. The molecule has 9 heteroatoms. The number of aliphatic hydroxyl groups is 2. The summed E-state index contributed by atoms with van der Waals surface area (Å²) in [5.74, 6) is -0.180. The van der Waals surface area contributed by atoms with Crippen LogP contribution >= 0.6 is 11.6 Å². The van der Waals surface area contributed by atoms with E-state index in [1.165, 1.54) is 6.07 Å². The lowest BCUT2D eigenvalue weighted by Gasteiger charge is -2.43. The molecule has 0 saturated carbocycles. The first-order chi connectivity index (χ1) is 20.8. The third kappa shape index (κ3) is 7.22. The Balaban J connectivity index is 1.69. The number of hydrogen-bond acceptors (Lipinski definition) is 6. The van der Waals surface area contributed by atoms with Crippen LogP contribution in [0.3, 0.4) is 0 Å². The van der Waals surface area contributed by atoms with Gasteiger partial charge in [-0.3, -0.25) is 0 Å². The van der Waals surface area contributed by atoms with Crippen LogP contribution in [0.25, 0.3) is 6.08 Å². The van der Waals surface area contributed by atoms with E-state index in [0.29, 0.717) is 29.0 Å². The number of phenolic OH excluding ortho intramolecular Hbond substituents is 1. The van der Waals surface area contributed by atoms with Gasteiger partial charge in [-0.25, -0.2) is 8.42 Å². The first-order valence-corrected chi connectivity index (χ1v) is 19.0. The van der Waals surface area contributed by atoms with Gasteiger partial charge in [0.2, 0.25) is 0 Å². The fourth-order valence-corrected chi connectivity index (χ4v) is 12.9. The number of aromatic hydroxyl groups is 1. The molecule has 0 spiro atoms. The van der Waals surface area contributed by atoms with Gasteiger partial charge >= 0.3 is 0 Å². The molecule has 0 saturated heterocycles. The highest BCUT2D eigenvalue weighted by atomic mass is 35.5. The molecule has 6 nitrogen and oxygen atoms in total. The van der Waals surface area contributed by atoms with Crippen molar-refractivity contribution >= 4 is 46.2 Å². The summed E-state index contributed by atoms with van der Waals surface area (Å²) < 4.78 is 33.6. The first kappa shape index (κ1) is 34.2. The normalized spacial score (nSPS) is 18.1.